The lowest BCUT2D eigenvalue weighted by atomic mass is 10.1. The molecule has 4 rings (SSSR count). The Balaban J connectivity index is 1.54. The lowest BCUT2D eigenvalue weighted by Gasteiger charge is -2.21. The van der Waals surface area contributed by atoms with E-state index in [9.17, 15) is 9.59 Å². The molecule has 0 aliphatic carbocycles. The maximum atomic E-state index is 13.0. The van der Waals surface area contributed by atoms with Crippen molar-refractivity contribution in [3.05, 3.63) is 70.7 Å². The summed E-state index contributed by atoms with van der Waals surface area (Å²) in [4.78, 5) is 28.4. The minimum atomic E-state index is -0.116. The monoisotopic (exact) mass is 422 g/mol. The van der Waals surface area contributed by atoms with Crippen LogP contribution in [0.3, 0.4) is 0 Å². The lowest BCUT2D eigenvalue weighted by Crippen LogP contribution is -2.27. The average molecular weight is 423 g/mol. The van der Waals surface area contributed by atoms with Gasteiger partial charge in [0.15, 0.2) is 0 Å². The number of fused-ring (bicyclic) bond motifs is 1. The fourth-order valence-corrected chi connectivity index (χ4v) is 4.04. The van der Waals surface area contributed by atoms with Gasteiger partial charge < -0.3 is 14.5 Å². The van der Waals surface area contributed by atoms with Crippen molar-refractivity contribution in [3.8, 4) is 5.75 Å². The summed E-state index contributed by atoms with van der Waals surface area (Å²) in [6.07, 6.45) is 1.32. The summed E-state index contributed by atoms with van der Waals surface area (Å²) in [5.74, 6) is 0.745. The fourth-order valence-electron chi connectivity index (χ4n) is 3.82. The van der Waals surface area contributed by atoms with Gasteiger partial charge in [0.05, 0.1) is 17.8 Å². The summed E-state index contributed by atoms with van der Waals surface area (Å²) >= 11 is 6.30. The van der Waals surface area contributed by atoms with Crippen LogP contribution < -0.4 is 9.64 Å². The van der Waals surface area contributed by atoms with Crippen LogP contribution in [0.25, 0.3) is 10.8 Å². The van der Waals surface area contributed by atoms with E-state index < -0.39 is 0 Å². The average Bonchev–Trinajstić information content (AvgIpc) is 3.18. The molecule has 0 spiro atoms. The molecule has 3 aromatic rings. The molecule has 6 heteroatoms. The van der Waals surface area contributed by atoms with Gasteiger partial charge >= 0.3 is 0 Å². The van der Waals surface area contributed by atoms with Gasteiger partial charge in [-0.1, -0.05) is 29.8 Å². The molecule has 1 aliphatic heterocycles. The van der Waals surface area contributed by atoms with Gasteiger partial charge in [-0.05, 0) is 59.2 Å². The predicted octanol–water partition coefficient (Wildman–Crippen LogP) is 4.90. The number of benzene rings is 3. The Morgan fingerprint density at radius 2 is 1.87 bits per heavy atom. The second-order valence-corrected chi connectivity index (χ2v) is 7.93. The van der Waals surface area contributed by atoms with Gasteiger partial charge in [0.25, 0.3) is 5.91 Å². The number of rotatable bonds is 5. The molecule has 0 unspecified atom stereocenters. The first-order valence-corrected chi connectivity index (χ1v) is 10.3. The number of ether oxygens (including phenoxy) is 1. The molecule has 0 saturated carbocycles. The highest BCUT2D eigenvalue weighted by Crippen LogP contribution is 2.31. The molecular weight excluding hydrogens is 400 g/mol. The van der Waals surface area contributed by atoms with Crippen LogP contribution in [0.4, 0.5) is 5.69 Å². The number of nitrogens with zero attached hydrogens (tertiary/aromatic N) is 2. The van der Waals surface area contributed by atoms with Crippen molar-refractivity contribution >= 4 is 39.9 Å². The van der Waals surface area contributed by atoms with E-state index in [0.29, 0.717) is 35.8 Å². The number of methoxy groups -OCH3 is 1. The zero-order chi connectivity index (χ0) is 21.3. The zero-order valence-corrected chi connectivity index (χ0v) is 17.8. The third kappa shape index (κ3) is 3.98. The number of hydrogen-bond donors (Lipinski definition) is 0. The Hall–Kier alpha value is -3.05. The minimum absolute atomic E-state index is 0.0441. The molecule has 1 aliphatic rings. The minimum Gasteiger partial charge on any atom is -0.497 e. The highest BCUT2D eigenvalue weighted by atomic mass is 35.5. The predicted molar refractivity (Wildman–Crippen MR) is 119 cm³/mol. The number of carbonyl (C=O) groups is 2. The van der Waals surface area contributed by atoms with Gasteiger partial charge in [0, 0.05) is 32.1 Å². The van der Waals surface area contributed by atoms with Crippen LogP contribution >= 0.6 is 11.6 Å². The molecule has 0 atom stereocenters. The lowest BCUT2D eigenvalue weighted by molar-refractivity contribution is -0.117. The fraction of sp³-hybridized carbons (Fsp3) is 0.250. The van der Waals surface area contributed by atoms with Crippen LogP contribution in [0, 0.1) is 0 Å². The topological polar surface area (TPSA) is 49.9 Å². The van der Waals surface area contributed by atoms with Gasteiger partial charge in [0.2, 0.25) is 5.91 Å². The molecule has 0 N–H and O–H groups in total. The van der Waals surface area contributed by atoms with Gasteiger partial charge in [-0.2, -0.15) is 0 Å². The number of anilines is 1. The van der Waals surface area contributed by atoms with Crippen molar-refractivity contribution < 1.29 is 14.3 Å². The molecule has 0 radical (unpaired) electrons. The third-order valence-electron chi connectivity index (χ3n) is 5.44. The van der Waals surface area contributed by atoms with E-state index in [1.807, 2.05) is 30.3 Å². The first-order chi connectivity index (χ1) is 14.5. The Bertz CT molecular complexity index is 1130. The normalized spacial score (nSPS) is 13.7. The van der Waals surface area contributed by atoms with E-state index in [2.05, 4.69) is 6.07 Å². The van der Waals surface area contributed by atoms with E-state index >= 15 is 0 Å². The van der Waals surface area contributed by atoms with Crippen LogP contribution in [-0.4, -0.2) is 37.4 Å². The Morgan fingerprint density at radius 3 is 2.60 bits per heavy atom. The number of amides is 2. The number of hydrogen-bond acceptors (Lipinski definition) is 3. The molecule has 1 fully saturated rings. The number of halogens is 1. The smallest absolute Gasteiger partial charge is 0.253 e. The van der Waals surface area contributed by atoms with Crippen molar-refractivity contribution in [2.24, 2.45) is 0 Å². The second kappa shape index (κ2) is 8.36. The summed E-state index contributed by atoms with van der Waals surface area (Å²) in [6, 6.07) is 17.2. The molecule has 1 heterocycles. The van der Waals surface area contributed by atoms with Gasteiger partial charge in [0.1, 0.15) is 5.75 Å². The van der Waals surface area contributed by atoms with Crippen LogP contribution in [0.15, 0.2) is 54.6 Å². The van der Waals surface area contributed by atoms with E-state index in [1.54, 1.807) is 42.2 Å². The maximum Gasteiger partial charge on any atom is 0.253 e. The Labute approximate surface area is 180 Å². The summed E-state index contributed by atoms with van der Waals surface area (Å²) in [5.41, 5.74) is 2.16. The first-order valence-electron chi connectivity index (χ1n) is 9.88. The van der Waals surface area contributed by atoms with Crippen LogP contribution in [0.1, 0.15) is 28.8 Å². The quantitative estimate of drug-likeness (QED) is 0.587. The molecule has 5 nitrogen and oxygen atoms in total. The molecule has 3 aromatic carbocycles. The van der Waals surface area contributed by atoms with Gasteiger partial charge in [-0.25, -0.2) is 0 Å². The first kappa shape index (κ1) is 20.2. The third-order valence-corrected chi connectivity index (χ3v) is 5.76. The highest BCUT2D eigenvalue weighted by molar-refractivity contribution is 6.34. The van der Waals surface area contributed by atoms with Crippen molar-refractivity contribution in [2.45, 2.75) is 19.4 Å². The molecule has 1 saturated heterocycles. The number of carbonyl (C=O) groups excluding carboxylic acids is 2. The van der Waals surface area contributed by atoms with Crippen molar-refractivity contribution in [2.75, 3.05) is 25.6 Å². The summed E-state index contributed by atoms with van der Waals surface area (Å²) in [6.45, 7) is 1.11. The molecule has 154 valence electrons. The van der Waals surface area contributed by atoms with E-state index in [1.165, 1.54) is 0 Å². The van der Waals surface area contributed by atoms with E-state index in [-0.39, 0.29) is 11.8 Å². The van der Waals surface area contributed by atoms with Crippen molar-refractivity contribution in [1.82, 2.24) is 4.90 Å². The largest absolute Gasteiger partial charge is 0.497 e. The molecule has 0 aromatic heterocycles. The SMILES string of the molecule is COc1ccc2cc(CN(C)C(=O)c3ccc(Cl)c(N4CCCC4=O)c3)ccc2c1. The van der Waals surface area contributed by atoms with E-state index in [0.717, 1.165) is 28.5 Å². The summed E-state index contributed by atoms with van der Waals surface area (Å²) in [7, 11) is 3.42. The second-order valence-electron chi connectivity index (χ2n) is 7.52. The van der Waals surface area contributed by atoms with Crippen molar-refractivity contribution in [1.29, 1.82) is 0 Å². The van der Waals surface area contributed by atoms with E-state index in [4.69, 9.17) is 16.3 Å². The maximum absolute atomic E-state index is 13.0. The summed E-state index contributed by atoms with van der Waals surface area (Å²) in [5, 5.41) is 2.66. The Morgan fingerprint density at radius 1 is 1.10 bits per heavy atom. The molecule has 30 heavy (non-hydrogen) atoms. The Kier molecular flexibility index (Phi) is 5.64. The molecule has 2 amide bonds. The van der Waals surface area contributed by atoms with Crippen LogP contribution in [0.5, 0.6) is 5.75 Å². The van der Waals surface area contributed by atoms with Crippen LogP contribution in [-0.2, 0) is 11.3 Å². The van der Waals surface area contributed by atoms with Gasteiger partial charge in [-0.15, -0.1) is 0 Å². The zero-order valence-electron chi connectivity index (χ0n) is 17.0. The summed E-state index contributed by atoms with van der Waals surface area (Å²) < 4.78 is 5.27. The standard InChI is InChI=1S/C24H23ClN2O3/c1-26(15-16-5-6-18-13-20(30-2)9-7-17(18)12-16)24(29)19-8-10-21(25)22(14-19)27-11-3-4-23(27)28/h5-10,12-14H,3-4,11,15H2,1-2H3. The van der Waals surface area contributed by atoms with Crippen LogP contribution in [0.2, 0.25) is 5.02 Å². The van der Waals surface area contributed by atoms with Gasteiger partial charge in [-0.3, -0.25) is 9.59 Å². The molecule has 0 bridgehead atoms. The van der Waals surface area contributed by atoms with Crippen molar-refractivity contribution in [3.63, 3.8) is 0 Å². The molecular formula is C24H23ClN2O3. The highest BCUT2D eigenvalue weighted by Gasteiger charge is 2.25.